The lowest BCUT2D eigenvalue weighted by atomic mass is 10.0. The fourth-order valence-electron chi connectivity index (χ4n) is 1.76. The molecule has 0 aromatic heterocycles. The van der Waals surface area contributed by atoms with Gasteiger partial charge in [-0.1, -0.05) is 0 Å². The minimum Gasteiger partial charge on any atom is -0.393 e. The lowest BCUT2D eigenvalue weighted by molar-refractivity contribution is -0.129. The molecule has 1 rings (SSSR count). The van der Waals surface area contributed by atoms with E-state index in [9.17, 15) is 9.90 Å². The summed E-state index contributed by atoms with van der Waals surface area (Å²) in [5, 5.41) is 9.39. The molecule has 1 aliphatic rings. The lowest BCUT2D eigenvalue weighted by Gasteiger charge is -2.17. The van der Waals surface area contributed by atoms with Gasteiger partial charge in [0.15, 0.2) is 0 Å². The van der Waals surface area contributed by atoms with E-state index in [1.165, 1.54) is 0 Å². The van der Waals surface area contributed by atoms with Gasteiger partial charge in [-0.3, -0.25) is 4.79 Å². The Morgan fingerprint density at radius 2 is 2.43 bits per heavy atom. The monoisotopic (exact) mass is 217 g/mol. The molecular formula is C10H19NO2S. The molecule has 2 atom stereocenters. The van der Waals surface area contributed by atoms with Crippen LogP contribution in [-0.4, -0.2) is 47.1 Å². The van der Waals surface area contributed by atoms with E-state index in [0.717, 1.165) is 25.3 Å². The molecule has 1 N–H and O–H groups in total. The van der Waals surface area contributed by atoms with Crippen LogP contribution in [0.1, 0.15) is 19.8 Å². The van der Waals surface area contributed by atoms with Gasteiger partial charge in [-0.15, -0.1) is 0 Å². The van der Waals surface area contributed by atoms with E-state index < -0.39 is 0 Å². The SMILES string of the molecule is CSCCC(=O)N1CCC(C(C)O)C1. The van der Waals surface area contributed by atoms with Crippen molar-refractivity contribution in [1.82, 2.24) is 4.90 Å². The maximum Gasteiger partial charge on any atom is 0.223 e. The minimum atomic E-state index is -0.284. The second kappa shape index (κ2) is 5.61. The van der Waals surface area contributed by atoms with Gasteiger partial charge in [0, 0.05) is 31.2 Å². The number of likely N-dealkylation sites (tertiary alicyclic amines) is 1. The minimum absolute atomic E-state index is 0.238. The van der Waals surface area contributed by atoms with Crippen LogP contribution in [0.15, 0.2) is 0 Å². The Morgan fingerprint density at radius 3 is 2.93 bits per heavy atom. The third-order valence-corrected chi connectivity index (χ3v) is 3.39. The third kappa shape index (κ3) is 3.17. The molecule has 0 aromatic carbocycles. The van der Waals surface area contributed by atoms with Crippen LogP contribution in [0.2, 0.25) is 0 Å². The number of carbonyl (C=O) groups is 1. The average Bonchev–Trinajstić information content (AvgIpc) is 2.62. The second-order valence-electron chi connectivity index (χ2n) is 3.87. The number of carbonyl (C=O) groups excluding carboxylic acids is 1. The van der Waals surface area contributed by atoms with Gasteiger partial charge >= 0.3 is 0 Å². The zero-order valence-electron chi connectivity index (χ0n) is 8.90. The summed E-state index contributed by atoms with van der Waals surface area (Å²) in [6.45, 7) is 3.37. The molecule has 1 heterocycles. The van der Waals surface area contributed by atoms with Crippen molar-refractivity contribution in [2.75, 3.05) is 25.1 Å². The van der Waals surface area contributed by atoms with Crippen LogP contribution in [0.3, 0.4) is 0 Å². The standard InChI is InChI=1S/C10H19NO2S/c1-8(12)9-3-5-11(7-9)10(13)4-6-14-2/h8-9,12H,3-7H2,1-2H3. The van der Waals surface area contributed by atoms with Crippen molar-refractivity contribution in [2.24, 2.45) is 5.92 Å². The van der Waals surface area contributed by atoms with Crippen LogP contribution < -0.4 is 0 Å². The topological polar surface area (TPSA) is 40.5 Å². The highest BCUT2D eigenvalue weighted by Gasteiger charge is 2.28. The summed E-state index contributed by atoms with van der Waals surface area (Å²) < 4.78 is 0. The van der Waals surface area contributed by atoms with Gasteiger partial charge in [-0.05, 0) is 19.6 Å². The fourth-order valence-corrected chi connectivity index (χ4v) is 2.13. The van der Waals surface area contributed by atoms with Crippen LogP contribution >= 0.6 is 11.8 Å². The summed E-state index contributed by atoms with van der Waals surface area (Å²) in [7, 11) is 0. The molecule has 2 unspecified atom stereocenters. The predicted octanol–water partition coefficient (Wildman–Crippen LogP) is 0.969. The Morgan fingerprint density at radius 1 is 1.71 bits per heavy atom. The molecule has 1 saturated heterocycles. The molecule has 1 aliphatic heterocycles. The molecule has 0 aromatic rings. The van der Waals surface area contributed by atoms with Gasteiger partial charge in [0.05, 0.1) is 6.10 Å². The zero-order chi connectivity index (χ0) is 10.6. The summed E-state index contributed by atoms with van der Waals surface area (Å²) in [5.74, 6) is 1.42. The number of aliphatic hydroxyl groups excluding tert-OH is 1. The van der Waals surface area contributed by atoms with E-state index in [4.69, 9.17) is 0 Å². The lowest BCUT2D eigenvalue weighted by Crippen LogP contribution is -2.30. The molecule has 1 amide bonds. The first-order chi connectivity index (χ1) is 6.65. The molecule has 0 spiro atoms. The van der Waals surface area contributed by atoms with Crippen LogP contribution in [0.25, 0.3) is 0 Å². The Balaban J connectivity index is 2.30. The third-order valence-electron chi connectivity index (χ3n) is 2.78. The van der Waals surface area contributed by atoms with Crippen LogP contribution in [0, 0.1) is 5.92 Å². The Labute approximate surface area is 89.9 Å². The number of amides is 1. The van der Waals surface area contributed by atoms with Crippen molar-refractivity contribution < 1.29 is 9.90 Å². The van der Waals surface area contributed by atoms with Crippen LogP contribution in [0.5, 0.6) is 0 Å². The molecule has 3 nitrogen and oxygen atoms in total. The molecule has 0 radical (unpaired) electrons. The highest BCUT2D eigenvalue weighted by Crippen LogP contribution is 2.20. The first kappa shape index (κ1) is 11.9. The van der Waals surface area contributed by atoms with Crippen molar-refractivity contribution in [2.45, 2.75) is 25.9 Å². The highest BCUT2D eigenvalue weighted by atomic mass is 32.2. The Hall–Kier alpha value is -0.220. The summed E-state index contributed by atoms with van der Waals surface area (Å²) in [5.41, 5.74) is 0. The molecule has 1 fully saturated rings. The summed E-state index contributed by atoms with van der Waals surface area (Å²) in [6, 6.07) is 0. The van der Waals surface area contributed by atoms with E-state index in [1.54, 1.807) is 18.7 Å². The number of aliphatic hydroxyl groups is 1. The maximum absolute atomic E-state index is 11.6. The van der Waals surface area contributed by atoms with Crippen molar-refractivity contribution in [3.63, 3.8) is 0 Å². The fraction of sp³-hybridized carbons (Fsp3) is 0.900. The quantitative estimate of drug-likeness (QED) is 0.763. The van der Waals surface area contributed by atoms with Crippen molar-refractivity contribution >= 4 is 17.7 Å². The Bertz CT molecular complexity index is 197. The molecule has 0 bridgehead atoms. The normalized spacial score (nSPS) is 23.9. The Kier molecular flexibility index (Phi) is 4.75. The molecule has 82 valence electrons. The van der Waals surface area contributed by atoms with Crippen molar-refractivity contribution in [3.05, 3.63) is 0 Å². The number of thioether (sulfide) groups is 1. The maximum atomic E-state index is 11.6. The first-order valence-corrected chi connectivity index (χ1v) is 6.49. The summed E-state index contributed by atoms with van der Waals surface area (Å²) in [4.78, 5) is 13.5. The largest absolute Gasteiger partial charge is 0.393 e. The summed E-state index contributed by atoms with van der Waals surface area (Å²) in [6.07, 6.45) is 3.31. The van der Waals surface area contributed by atoms with E-state index in [-0.39, 0.29) is 17.9 Å². The average molecular weight is 217 g/mol. The molecule has 14 heavy (non-hydrogen) atoms. The van der Waals surface area contributed by atoms with Crippen molar-refractivity contribution in [3.8, 4) is 0 Å². The zero-order valence-corrected chi connectivity index (χ0v) is 9.72. The second-order valence-corrected chi connectivity index (χ2v) is 4.86. The molecular weight excluding hydrogens is 198 g/mol. The van der Waals surface area contributed by atoms with Crippen molar-refractivity contribution in [1.29, 1.82) is 0 Å². The van der Waals surface area contributed by atoms with E-state index >= 15 is 0 Å². The number of rotatable bonds is 4. The first-order valence-electron chi connectivity index (χ1n) is 5.10. The molecule has 0 saturated carbocycles. The van der Waals surface area contributed by atoms with Gasteiger partial charge in [0.1, 0.15) is 0 Å². The van der Waals surface area contributed by atoms with Gasteiger partial charge < -0.3 is 10.0 Å². The number of hydrogen-bond acceptors (Lipinski definition) is 3. The highest BCUT2D eigenvalue weighted by molar-refractivity contribution is 7.98. The molecule has 0 aliphatic carbocycles. The predicted molar refractivity (Wildman–Crippen MR) is 59.4 cm³/mol. The number of hydrogen-bond donors (Lipinski definition) is 1. The van der Waals surface area contributed by atoms with Crippen LogP contribution in [0.4, 0.5) is 0 Å². The van der Waals surface area contributed by atoms with Crippen LogP contribution in [-0.2, 0) is 4.79 Å². The van der Waals surface area contributed by atoms with E-state index in [2.05, 4.69) is 0 Å². The smallest absolute Gasteiger partial charge is 0.223 e. The number of nitrogens with zero attached hydrogens (tertiary/aromatic N) is 1. The summed E-state index contributed by atoms with van der Waals surface area (Å²) >= 11 is 1.70. The van der Waals surface area contributed by atoms with Gasteiger partial charge in [0.2, 0.25) is 5.91 Å². The van der Waals surface area contributed by atoms with E-state index in [1.807, 2.05) is 11.2 Å². The molecule has 4 heteroatoms. The van der Waals surface area contributed by atoms with Gasteiger partial charge in [-0.2, -0.15) is 11.8 Å². The van der Waals surface area contributed by atoms with Gasteiger partial charge in [0.25, 0.3) is 0 Å². The van der Waals surface area contributed by atoms with Gasteiger partial charge in [-0.25, -0.2) is 0 Å². The van der Waals surface area contributed by atoms with E-state index in [0.29, 0.717) is 6.42 Å².